The van der Waals surface area contributed by atoms with E-state index >= 15 is 0 Å². The van der Waals surface area contributed by atoms with Gasteiger partial charge in [0.25, 0.3) is 0 Å². The molecule has 0 radical (unpaired) electrons. The fraction of sp³-hybridized carbons (Fsp3) is 0.917. The number of hydrogen-bond donors (Lipinski definition) is 0. The lowest BCUT2D eigenvalue weighted by Crippen LogP contribution is -2.44. The van der Waals surface area contributed by atoms with Gasteiger partial charge in [-0.05, 0) is 38.6 Å². The molecule has 2 fully saturated rings. The number of methoxy groups -OCH3 is 1. The zero-order valence-corrected chi connectivity index (χ0v) is 10.1. The number of ether oxygens (including phenoxy) is 2. The summed E-state index contributed by atoms with van der Waals surface area (Å²) in [6, 6.07) is -0.0609. The van der Waals surface area contributed by atoms with Crippen LogP contribution in [0.2, 0.25) is 0 Å². The molecule has 0 aromatic carbocycles. The molecule has 2 aliphatic rings. The molecular weight excluding hydrogens is 206 g/mol. The first-order valence-corrected chi connectivity index (χ1v) is 6.12. The van der Waals surface area contributed by atoms with E-state index in [4.69, 9.17) is 9.47 Å². The monoisotopic (exact) mass is 227 g/mol. The van der Waals surface area contributed by atoms with Crippen LogP contribution in [0.25, 0.3) is 0 Å². The Morgan fingerprint density at radius 3 is 2.75 bits per heavy atom. The maximum absolute atomic E-state index is 11.7. The second kappa shape index (κ2) is 5.15. The molecule has 16 heavy (non-hydrogen) atoms. The van der Waals surface area contributed by atoms with E-state index in [9.17, 15) is 4.79 Å². The molecule has 1 aliphatic heterocycles. The number of nitrogens with zero attached hydrogens (tertiary/aromatic N) is 1. The summed E-state index contributed by atoms with van der Waals surface area (Å²) in [5, 5.41) is 0. The molecule has 0 aromatic rings. The lowest BCUT2D eigenvalue weighted by molar-refractivity contribution is -0.147. The van der Waals surface area contributed by atoms with Crippen LogP contribution in [0.4, 0.5) is 0 Å². The highest BCUT2D eigenvalue weighted by molar-refractivity contribution is 5.76. The van der Waals surface area contributed by atoms with Crippen molar-refractivity contribution in [3.8, 4) is 0 Å². The lowest BCUT2D eigenvalue weighted by Gasteiger charge is -2.27. The summed E-state index contributed by atoms with van der Waals surface area (Å²) in [6.07, 6.45) is 4.86. The largest absolute Gasteiger partial charge is 0.468 e. The van der Waals surface area contributed by atoms with Gasteiger partial charge in [0, 0.05) is 13.2 Å². The van der Waals surface area contributed by atoms with Crippen LogP contribution in [0.15, 0.2) is 0 Å². The minimum atomic E-state index is -0.0944. The van der Waals surface area contributed by atoms with Gasteiger partial charge in [0.15, 0.2) is 0 Å². The Morgan fingerprint density at radius 2 is 2.25 bits per heavy atom. The standard InChI is InChI=1S/C12H21NO3/c1-13(8-10-4-3-7-16-10)11(9-5-6-9)12(14)15-2/h9-11H,3-8H2,1-2H3. The summed E-state index contributed by atoms with van der Waals surface area (Å²) in [4.78, 5) is 13.8. The molecule has 0 aromatic heterocycles. The molecule has 2 atom stereocenters. The minimum absolute atomic E-state index is 0.0609. The third-order valence-electron chi connectivity index (χ3n) is 3.50. The molecule has 0 N–H and O–H groups in total. The first kappa shape index (κ1) is 11.9. The Morgan fingerprint density at radius 1 is 1.50 bits per heavy atom. The molecule has 4 heteroatoms. The summed E-state index contributed by atoms with van der Waals surface area (Å²) in [5.41, 5.74) is 0. The smallest absolute Gasteiger partial charge is 0.323 e. The number of esters is 1. The van der Waals surface area contributed by atoms with E-state index in [0.29, 0.717) is 12.0 Å². The molecule has 1 aliphatic carbocycles. The number of carbonyl (C=O) groups excluding carboxylic acids is 1. The molecule has 1 saturated carbocycles. The first-order chi connectivity index (χ1) is 7.72. The number of likely N-dealkylation sites (N-methyl/N-ethyl adjacent to an activating group) is 1. The molecule has 0 amide bonds. The van der Waals surface area contributed by atoms with E-state index in [-0.39, 0.29) is 12.0 Å². The van der Waals surface area contributed by atoms with Crippen molar-refractivity contribution < 1.29 is 14.3 Å². The number of rotatable bonds is 5. The normalized spacial score (nSPS) is 27.1. The Bertz CT molecular complexity index is 247. The number of carbonyl (C=O) groups is 1. The van der Waals surface area contributed by atoms with E-state index < -0.39 is 0 Å². The SMILES string of the molecule is COC(=O)C(C1CC1)N(C)CC1CCCO1. The van der Waals surface area contributed by atoms with Gasteiger partial charge in [-0.1, -0.05) is 0 Å². The summed E-state index contributed by atoms with van der Waals surface area (Å²) >= 11 is 0. The van der Waals surface area contributed by atoms with Crippen molar-refractivity contribution >= 4 is 5.97 Å². The molecule has 4 nitrogen and oxygen atoms in total. The van der Waals surface area contributed by atoms with Crippen LogP contribution in [0.5, 0.6) is 0 Å². The second-order valence-electron chi connectivity index (χ2n) is 4.88. The van der Waals surface area contributed by atoms with Crippen molar-refractivity contribution in [2.24, 2.45) is 5.92 Å². The van der Waals surface area contributed by atoms with Gasteiger partial charge in [0.2, 0.25) is 0 Å². The summed E-state index contributed by atoms with van der Waals surface area (Å²) in [6.45, 7) is 1.71. The van der Waals surface area contributed by atoms with E-state index in [1.807, 2.05) is 7.05 Å². The van der Waals surface area contributed by atoms with Crippen molar-refractivity contribution in [1.82, 2.24) is 4.90 Å². The Hall–Kier alpha value is -0.610. The van der Waals surface area contributed by atoms with Gasteiger partial charge in [-0.15, -0.1) is 0 Å². The Kier molecular flexibility index (Phi) is 3.82. The fourth-order valence-electron chi connectivity index (χ4n) is 2.49. The van der Waals surface area contributed by atoms with Crippen LogP contribution in [0.3, 0.4) is 0 Å². The average molecular weight is 227 g/mol. The Labute approximate surface area is 96.9 Å². The van der Waals surface area contributed by atoms with Crippen molar-refractivity contribution in [2.45, 2.75) is 37.8 Å². The quantitative estimate of drug-likeness (QED) is 0.658. The van der Waals surface area contributed by atoms with Crippen LogP contribution < -0.4 is 0 Å². The average Bonchev–Trinajstić information content (AvgIpc) is 2.96. The zero-order chi connectivity index (χ0) is 11.5. The predicted octanol–water partition coefficient (Wildman–Crippen LogP) is 1.05. The molecule has 2 rings (SSSR count). The third kappa shape index (κ3) is 2.74. The minimum Gasteiger partial charge on any atom is -0.468 e. The Balaban J connectivity index is 1.88. The maximum Gasteiger partial charge on any atom is 0.323 e. The van der Waals surface area contributed by atoms with Gasteiger partial charge in [0.1, 0.15) is 6.04 Å². The highest BCUT2D eigenvalue weighted by Crippen LogP contribution is 2.35. The molecule has 1 heterocycles. The predicted molar refractivity (Wildman–Crippen MR) is 60.1 cm³/mol. The molecule has 0 spiro atoms. The highest BCUT2D eigenvalue weighted by Gasteiger charge is 2.40. The topological polar surface area (TPSA) is 38.8 Å². The van der Waals surface area contributed by atoms with E-state index in [1.54, 1.807) is 0 Å². The highest BCUT2D eigenvalue weighted by atomic mass is 16.5. The second-order valence-corrected chi connectivity index (χ2v) is 4.88. The van der Waals surface area contributed by atoms with Crippen LogP contribution in [0, 0.1) is 5.92 Å². The van der Waals surface area contributed by atoms with E-state index in [0.717, 1.165) is 38.8 Å². The molecular formula is C12H21NO3. The van der Waals surface area contributed by atoms with Gasteiger partial charge >= 0.3 is 5.97 Å². The molecule has 2 unspecified atom stereocenters. The van der Waals surface area contributed by atoms with Crippen molar-refractivity contribution in [1.29, 1.82) is 0 Å². The zero-order valence-electron chi connectivity index (χ0n) is 10.1. The van der Waals surface area contributed by atoms with Crippen molar-refractivity contribution in [3.63, 3.8) is 0 Å². The van der Waals surface area contributed by atoms with Crippen LogP contribution in [-0.4, -0.2) is 50.3 Å². The summed E-state index contributed by atoms with van der Waals surface area (Å²) < 4.78 is 10.5. The van der Waals surface area contributed by atoms with Crippen LogP contribution in [-0.2, 0) is 14.3 Å². The van der Waals surface area contributed by atoms with E-state index in [1.165, 1.54) is 7.11 Å². The van der Waals surface area contributed by atoms with Gasteiger partial charge in [-0.25, -0.2) is 0 Å². The fourth-order valence-corrected chi connectivity index (χ4v) is 2.49. The van der Waals surface area contributed by atoms with Gasteiger partial charge < -0.3 is 9.47 Å². The summed E-state index contributed by atoms with van der Waals surface area (Å²) in [7, 11) is 3.47. The van der Waals surface area contributed by atoms with Crippen LogP contribution in [0.1, 0.15) is 25.7 Å². The molecule has 92 valence electrons. The summed E-state index contributed by atoms with van der Waals surface area (Å²) in [5.74, 6) is 0.404. The van der Waals surface area contributed by atoms with Gasteiger partial charge in [-0.3, -0.25) is 9.69 Å². The first-order valence-electron chi connectivity index (χ1n) is 6.12. The third-order valence-corrected chi connectivity index (χ3v) is 3.50. The van der Waals surface area contributed by atoms with Gasteiger partial charge in [0.05, 0.1) is 13.2 Å². The van der Waals surface area contributed by atoms with Crippen LogP contribution >= 0.6 is 0 Å². The molecule has 1 saturated heterocycles. The maximum atomic E-state index is 11.7. The van der Waals surface area contributed by atoms with Crippen molar-refractivity contribution in [2.75, 3.05) is 27.3 Å². The molecule has 0 bridgehead atoms. The van der Waals surface area contributed by atoms with Gasteiger partial charge in [-0.2, -0.15) is 0 Å². The van der Waals surface area contributed by atoms with Crippen molar-refractivity contribution in [3.05, 3.63) is 0 Å². The van der Waals surface area contributed by atoms with E-state index in [2.05, 4.69) is 4.90 Å². The number of hydrogen-bond acceptors (Lipinski definition) is 4. The lowest BCUT2D eigenvalue weighted by atomic mass is 10.1.